The summed E-state index contributed by atoms with van der Waals surface area (Å²) in [6.07, 6.45) is 3.47. The monoisotopic (exact) mass is 393 g/mol. The van der Waals surface area contributed by atoms with Crippen molar-refractivity contribution in [3.05, 3.63) is 53.6 Å². The Balaban J connectivity index is 0.00000364. The zero-order chi connectivity index (χ0) is 19.0. The maximum atomic E-state index is 9.28. The second kappa shape index (κ2) is 11.3. The SMILES string of the molecule is CCCCOc1ccc(-c2ccc(CCC(N)(CO)CO)cc2)c(C)c1.Cl. The van der Waals surface area contributed by atoms with Crippen LogP contribution in [0.4, 0.5) is 0 Å². The molecule has 0 aliphatic rings. The Labute approximate surface area is 168 Å². The van der Waals surface area contributed by atoms with Gasteiger partial charge in [0, 0.05) is 0 Å². The molecule has 0 unspecified atom stereocenters. The molecule has 0 radical (unpaired) electrons. The Hall–Kier alpha value is -1.59. The number of hydrogen-bond donors (Lipinski definition) is 3. The molecule has 0 aliphatic heterocycles. The van der Waals surface area contributed by atoms with Crippen LogP contribution in [0.2, 0.25) is 0 Å². The molecule has 2 rings (SSSR count). The predicted octanol–water partition coefficient (Wildman–Crippen LogP) is 3.88. The first-order valence-corrected chi connectivity index (χ1v) is 9.34. The zero-order valence-electron chi connectivity index (χ0n) is 16.3. The number of benzene rings is 2. The molecule has 0 saturated heterocycles. The normalized spacial score (nSPS) is 11.1. The van der Waals surface area contributed by atoms with E-state index in [9.17, 15) is 10.2 Å². The summed E-state index contributed by atoms with van der Waals surface area (Å²) >= 11 is 0. The molecule has 0 bridgehead atoms. The summed E-state index contributed by atoms with van der Waals surface area (Å²) < 4.78 is 5.77. The lowest BCUT2D eigenvalue weighted by atomic mass is 9.93. The van der Waals surface area contributed by atoms with E-state index >= 15 is 0 Å². The van der Waals surface area contributed by atoms with Gasteiger partial charge in [-0.15, -0.1) is 12.4 Å². The molecule has 0 aromatic heterocycles. The van der Waals surface area contributed by atoms with Crippen molar-refractivity contribution in [1.29, 1.82) is 0 Å². The minimum Gasteiger partial charge on any atom is -0.494 e. The van der Waals surface area contributed by atoms with E-state index in [0.29, 0.717) is 6.42 Å². The zero-order valence-corrected chi connectivity index (χ0v) is 17.1. The van der Waals surface area contributed by atoms with Crippen LogP contribution >= 0.6 is 12.4 Å². The summed E-state index contributed by atoms with van der Waals surface area (Å²) in [7, 11) is 0. The Morgan fingerprint density at radius 1 is 1.04 bits per heavy atom. The van der Waals surface area contributed by atoms with E-state index in [0.717, 1.165) is 42.7 Å². The molecule has 2 aromatic carbocycles. The lowest BCUT2D eigenvalue weighted by Gasteiger charge is -2.24. The largest absolute Gasteiger partial charge is 0.494 e. The van der Waals surface area contributed by atoms with E-state index in [1.54, 1.807) is 0 Å². The molecule has 0 fully saturated rings. The molecule has 0 atom stereocenters. The topological polar surface area (TPSA) is 75.7 Å². The average molecular weight is 394 g/mol. The number of halogens is 1. The van der Waals surface area contributed by atoms with E-state index in [1.807, 2.05) is 6.07 Å². The number of unbranched alkanes of at least 4 members (excludes halogenated alkanes) is 1. The summed E-state index contributed by atoms with van der Waals surface area (Å²) in [6, 6.07) is 14.6. The number of rotatable bonds is 10. The Kier molecular flexibility index (Phi) is 9.81. The third-order valence-corrected chi connectivity index (χ3v) is 4.77. The molecule has 4 N–H and O–H groups in total. The second-order valence-corrected chi connectivity index (χ2v) is 7.05. The Bertz CT molecular complexity index is 684. The molecule has 0 aliphatic carbocycles. The van der Waals surface area contributed by atoms with E-state index in [4.69, 9.17) is 10.5 Å². The highest BCUT2D eigenvalue weighted by Gasteiger charge is 2.22. The molecule has 150 valence electrons. The number of nitrogens with two attached hydrogens (primary N) is 1. The van der Waals surface area contributed by atoms with Gasteiger partial charge in [0.15, 0.2) is 0 Å². The highest BCUT2D eigenvalue weighted by atomic mass is 35.5. The van der Waals surface area contributed by atoms with E-state index in [1.165, 1.54) is 11.1 Å². The molecule has 0 heterocycles. The van der Waals surface area contributed by atoms with Gasteiger partial charge in [-0.05, 0) is 60.6 Å². The van der Waals surface area contributed by atoms with Crippen LogP contribution in [0, 0.1) is 6.92 Å². The third-order valence-electron chi connectivity index (χ3n) is 4.77. The number of hydrogen-bond acceptors (Lipinski definition) is 4. The van der Waals surface area contributed by atoms with Gasteiger partial charge < -0.3 is 20.7 Å². The van der Waals surface area contributed by atoms with Crippen molar-refractivity contribution < 1.29 is 14.9 Å². The first kappa shape index (κ1) is 23.4. The minimum absolute atomic E-state index is 0. The van der Waals surface area contributed by atoms with Crippen molar-refractivity contribution in [2.75, 3.05) is 19.8 Å². The van der Waals surface area contributed by atoms with Gasteiger partial charge in [-0.1, -0.05) is 43.7 Å². The molecule has 0 spiro atoms. The molecule has 4 nitrogen and oxygen atoms in total. The van der Waals surface area contributed by atoms with Gasteiger partial charge in [-0.2, -0.15) is 0 Å². The molecular formula is C22H32ClNO3. The number of aryl methyl sites for hydroxylation is 2. The fraction of sp³-hybridized carbons (Fsp3) is 0.455. The average Bonchev–Trinajstić information content (AvgIpc) is 2.67. The number of aliphatic hydroxyl groups excluding tert-OH is 2. The van der Waals surface area contributed by atoms with Gasteiger partial charge in [0.2, 0.25) is 0 Å². The van der Waals surface area contributed by atoms with Gasteiger partial charge in [0.05, 0.1) is 25.4 Å². The smallest absolute Gasteiger partial charge is 0.119 e. The van der Waals surface area contributed by atoms with Crippen LogP contribution in [-0.4, -0.2) is 35.6 Å². The highest BCUT2D eigenvalue weighted by molar-refractivity contribution is 5.85. The maximum absolute atomic E-state index is 9.28. The quantitative estimate of drug-likeness (QED) is 0.535. The molecular weight excluding hydrogens is 362 g/mol. The maximum Gasteiger partial charge on any atom is 0.119 e. The highest BCUT2D eigenvalue weighted by Crippen LogP contribution is 2.27. The summed E-state index contributed by atoms with van der Waals surface area (Å²) in [5.74, 6) is 0.920. The fourth-order valence-corrected chi connectivity index (χ4v) is 2.84. The van der Waals surface area contributed by atoms with Crippen molar-refractivity contribution in [2.45, 2.75) is 45.1 Å². The van der Waals surface area contributed by atoms with Crippen LogP contribution < -0.4 is 10.5 Å². The first-order chi connectivity index (χ1) is 12.5. The first-order valence-electron chi connectivity index (χ1n) is 9.34. The van der Waals surface area contributed by atoms with Crippen molar-refractivity contribution in [3.8, 4) is 16.9 Å². The summed E-state index contributed by atoms with van der Waals surface area (Å²) in [6.45, 7) is 4.58. The standard InChI is InChI=1S/C22H31NO3.ClH/c1-3-4-13-26-20-9-10-21(17(2)14-20)19-7-5-18(6-8-19)11-12-22(23,15-24)16-25;/h5-10,14,24-25H,3-4,11-13,15-16,23H2,1-2H3;1H. The molecule has 27 heavy (non-hydrogen) atoms. The van der Waals surface area contributed by atoms with Crippen LogP contribution in [0.15, 0.2) is 42.5 Å². The molecule has 0 saturated carbocycles. The van der Waals surface area contributed by atoms with Crippen LogP contribution in [-0.2, 0) is 6.42 Å². The van der Waals surface area contributed by atoms with Gasteiger partial charge >= 0.3 is 0 Å². The lowest BCUT2D eigenvalue weighted by molar-refractivity contribution is 0.115. The van der Waals surface area contributed by atoms with Gasteiger partial charge in [-0.25, -0.2) is 0 Å². The van der Waals surface area contributed by atoms with E-state index in [-0.39, 0.29) is 25.6 Å². The fourth-order valence-electron chi connectivity index (χ4n) is 2.84. The van der Waals surface area contributed by atoms with Crippen LogP contribution in [0.25, 0.3) is 11.1 Å². The van der Waals surface area contributed by atoms with Crippen molar-refractivity contribution in [3.63, 3.8) is 0 Å². The third kappa shape index (κ3) is 6.82. The Morgan fingerprint density at radius 2 is 1.70 bits per heavy atom. The van der Waals surface area contributed by atoms with Gasteiger partial charge in [0.1, 0.15) is 5.75 Å². The summed E-state index contributed by atoms with van der Waals surface area (Å²) in [5.41, 5.74) is 9.70. The van der Waals surface area contributed by atoms with Crippen molar-refractivity contribution in [2.24, 2.45) is 5.73 Å². The molecule has 2 aromatic rings. The van der Waals surface area contributed by atoms with Crippen molar-refractivity contribution in [1.82, 2.24) is 0 Å². The summed E-state index contributed by atoms with van der Waals surface area (Å²) in [4.78, 5) is 0. The number of ether oxygens (including phenoxy) is 1. The second-order valence-electron chi connectivity index (χ2n) is 7.05. The van der Waals surface area contributed by atoms with Gasteiger partial charge in [0.25, 0.3) is 0 Å². The predicted molar refractivity (Wildman–Crippen MR) is 114 cm³/mol. The van der Waals surface area contributed by atoms with Crippen LogP contribution in [0.1, 0.15) is 37.3 Å². The Morgan fingerprint density at radius 3 is 2.26 bits per heavy atom. The van der Waals surface area contributed by atoms with E-state index < -0.39 is 5.54 Å². The van der Waals surface area contributed by atoms with E-state index in [2.05, 4.69) is 50.2 Å². The van der Waals surface area contributed by atoms with Crippen LogP contribution in [0.3, 0.4) is 0 Å². The summed E-state index contributed by atoms with van der Waals surface area (Å²) in [5, 5.41) is 18.6. The number of aliphatic hydroxyl groups is 2. The lowest BCUT2D eigenvalue weighted by Crippen LogP contribution is -2.47. The van der Waals surface area contributed by atoms with Gasteiger partial charge in [-0.3, -0.25) is 0 Å². The molecule has 5 heteroatoms. The van der Waals surface area contributed by atoms with Crippen LogP contribution in [0.5, 0.6) is 5.75 Å². The minimum atomic E-state index is -0.914. The molecule has 0 amide bonds. The van der Waals surface area contributed by atoms with Crippen molar-refractivity contribution >= 4 is 12.4 Å².